The monoisotopic (exact) mass is 216 g/mol. The molecule has 0 spiro atoms. The normalized spacial score (nSPS) is 14.3. The highest BCUT2D eigenvalue weighted by Gasteiger charge is 2.18. The van der Waals surface area contributed by atoms with E-state index in [0.717, 1.165) is 41.4 Å². The Bertz CT molecular complexity index is 616. The minimum atomic E-state index is -0.0656. The zero-order valence-electron chi connectivity index (χ0n) is 8.79. The van der Waals surface area contributed by atoms with Crippen LogP contribution in [-0.2, 0) is 19.4 Å². The Morgan fingerprint density at radius 1 is 1.31 bits per heavy atom. The van der Waals surface area contributed by atoms with Crippen LogP contribution >= 0.6 is 0 Å². The molecule has 2 heterocycles. The van der Waals surface area contributed by atoms with Gasteiger partial charge in [0.2, 0.25) is 0 Å². The largest absolute Gasteiger partial charge is 0.390 e. The Morgan fingerprint density at radius 3 is 2.94 bits per heavy atom. The molecule has 0 fully saturated rings. The lowest BCUT2D eigenvalue weighted by Gasteiger charge is -2.05. The molecule has 0 radical (unpaired) electrons. The first-order chi connectivity index (χ1) is 7.79. The van der Waals surface area contributed by atoms with Gasteiger partial charge in [-0.15, -0.1) is 0 Å². The summed E-state index contributed by atoms with van der Waals surface area (Å²) in [6.07, 6.45) is 2.77. The number of aryl methyl sites for hydroxylation is 1. The molecular formula is C12H12N2O2. The summed E-state index contributed by atoms with van der Waals surface area (Å²) in [7, 11) is 0. The first kappa shape index (κ1) is 9.54. The van der Waals surface area contributed by atoms with Crippen molar-refractivity contribution < 1.29 is 5.11 Å². The zero-order chi connectivity index (χ0) is 11.1. The third kappa shape index (κ3) is 1.27. The van der Waals surface area contributed by atoms with Crippen LogP contribution in [0.5, 0.6) is 0 Å². The maximum Gasteiger partial charge on any atom is 0.251 e. The van der Waals surface area contributed by atoms with E-state index in [1.165, 1.54) is 0 Å². The Balaban J connectivity index is 2.40. The zero-order valence-corrected chi connectivity index (χ0v) is 8.79. The van der Waals surface area contributed by atoms with Crippen LogP contribution in [0.25, 0.3) is 11.0 Å². The predicted molar refractivity (Wildman–Crippen MR) is 60.3 cm³/mol. The van der Waals surface area contributed by atoms with Crippen molar-refractivity contribution in [1.82, 2.24) is 9.97 Å². The standard InChI is InChI=1S/C12H12N2O2/c15-6-7-4-5-10-11(13-7)8-2-1-3-9(8)12(16)14-10/h4-5,15H,1-3,6H2,(H,14,16). The molecule has 0 saturated carbocycles. The van der Waals surface area contributed by atoms with E-state index in [9.17, 15) is 4.79 Å². The molecule has 0 atom stereocenters. The fraction of sp³-hybridized carbons (Fsp3) is 0.333. The summed E-state index contributed by atoms with van der Waals surface area (Å²) in [6.45, 7) is -0.0656. The van der Waals surface area contributed by atoms with Crippen LogP contribution in [0.15, 0.2) is 16.9 Å². The SMILES string of the molecule is O=c1[nH]c2ccc(CO)nc2c2c1CCC2. The van der Waals surface area contributed by atoms with Crippen molar-refractivity contribution in [3.8, 4) is 0 Å². The van der Waals surface area contributed by atoms with Gasteiger partial charge in [0.1, 0.15) is 0 Å². The van der Waals surface area contributed by atoms with Crippen LogP contribution in [0.3, 0.4) is 0 Å². The number of aliphatic hydroxyl groups is 1. The van der Waals surface area contributed by atoms with Crippen molar-refractivity contribution in [2.75, 3.05) is 0 Å². The molecule has 16 heavy (non-hydrogen) atoms. The molecule has 4 nitrogen and oxygen atoms in total. The summed E-state index contributed by atoms with van der Waals surface area (Å²) in [5, 5.41) is 9.07. The number of hydrogen-bond acceptors (Lipinski definition) is 3. The maximum atomic E-state index is 11.7. The number of pyridine rings is 2. The average molecular weight is 216 g/mol. The topological polar surface area (TPSA) is 66.0 Å². The molecule has 2 aromatic heterocycles. The fourth-order valence-electron chi connectivity index (χ4n) is 2.37. The van der Waals surface area contributed by atoms with Crippen LogP contribution in [0, 0.1) is 0 Å². The van der Waals surface area contributed by atoms with Crippen molar-refractivity contribution in [2.24, 2.45) is 0 Å². The number of aromatic nitrogens is 2. The first-order valence-electron chi connectivity index (χ1n) is 5.44. The summed E-state index contributed by atoms with van der Waals surface area (Å²) in [5.41, 5.74) is 4.21. The molecule has 82 valence electrons. The number of H-pyrrole nitrogens is 1. The van der Waals surface area contributed by atoms with Crippen molar-refractivity contribution in [3.05, 3.63) is 39.3 Å². The second-order valence-corrected chi connectivity index (χ2v) is 4.12. The molecule has 0 saturated heterocycles. The van der Waals surface area contributed by atoms with Crippen LogP contribution < -0.4 is 5.56 Å². The van der Waals surface area contributed by atoms with Crippen molar-refractivity contribution in [2.45, 2.75) is 25.9 Å². The molecule has 0 bridgehead atoms. The summed E-state index contributed by atoms with van der Waals surface area (Å²) in [4.78, 5) is 19.0. The molecule has 1 aliphatic rings. The highest BCUT2D eigenvalue weighted by atomic mass is 16.3. The lowest BCUT2D eigenvalue weighted by molar-refractivity contribution is 0.277. The van der Waals surface area contributed by atoms with E-state index in [4.69, 9.17) is 5.11 Å². The smallest absolute Gasteiger partial charge is 0.251 e. The summed E-state index contributed by atoms with van der Waals surface area (Å²) >= 11 is 0. The quantitative estimate of drug-likeness (QED) is 0.744. The van der Waals surface area contributed by atoms with Crippen LogP contribution in [0.4, 0.5) is 0 Å². The fourth-order valence-corrected chi connectivity index (χ4v) is 2.37. The van der Waals surface area contributed by atoms with E-state index in [1.807, 2.05) is 6.07 Å². The van der Waals surface area contributed by atoms with Gasteiger partial charge in [0, 0.05) is 5.56 Å². The molecule has 3 rings (SSSR count). The third-order valence-electron chi connectivity index (χ3n) is 3.14. The minimum Gasteiger partial charge on any atom is -0.390 e. The van der Waals surface area contributed by atoms with E-state index in [1.54, 1.807) is 6.07 Å². The number of rotatable bonds is 1. The Morgan fingerprint density at radius 2 is 2.12 bits per heavy atom. The van der Waals surface area contributed by atoms with Gasteiger partial charge in [-0.05, 0) is 37.0 Å². The van der Waals surface area contributed by atoms with Crippen LogP contribution in [0.1, 0.15) is 23.2 Å². The highest BCUT2D eigenvalue weighted by molar-refractivity contribution is 5.79. The molecule has 1 aliphatic carbocycles. The lowest BCUT2D eigenvalue weighted by atomic mass is 10.1. The maximum absolute atomic E-state index is 11.7. The van der Waals surface area contributed by atoms with Gasteiger partial charge < -0.3 is 10.1 Å². The van der Waals surface area contributed by atoms with Gasteiger partial charge in [0.15, 0.2) is 0 Å². The van der Waals surface area contributed by atoms with Gasteiger partial charge >= 0.3 is 0 Å². The average Bonchev–Trinajstić information content (AvgIpc) is 2.78. The number of nitrogens with one attached hydrogen (secondary N) is 1. The second kappa shape index (κ2) is 3.42. The molecule has 0 aliphatic heterocycles. The molecule has 2 N–H and O–H groups in total. The minimum absolute atomic E-state index is 0.0125. The third-order valence-corrected chi connectivity index (χ3v) is 3.14. The summed E-state index contributed by atoms with van der Waals surface area (Å²) in [6, 6.07) is 3.55. The van der Waals surface area contributed by atoms with E-state index >= 15 is 0 Å². The molecule has 0 amide bonds. The first-order valence-corrected chi connectivity index (χ1v) is 5.44. The number of nitrogens with zero attached hydrogens (tertiary/aromatic N) is 1. The van der Waals surface area contributed by atoms with Crippen molar-refractivity contribution in [3.63, 3.8) is 0 Å². The van der Waals surface area contributed by atoms with Crippen molar-refractivity contribution >= 4 is 11.0 Å². The van der Waals surface area contributed by atoms with Gasteiger partial charge in [-0.1, -0.05) is 0 Å². The lowest BCUT2D eigenvalue weighted by Crippen LogP contribution is -2.13. The van der Waals surface area contributed by atoms with E-state index in [-0.39, 0.29) is 12.2 Å². The summed E-state index contributed by atoms with van der Waals surface area (Å²) < 4.78 is 0. The van der Waals surface area contributed by atoms with Crippen LogP contribution in [0.2, 0.25) is 0 Å². The van der Waals surface area contributed by atoms with E-state index in [2.05, 4.69) is 9.97 Å². The van der Waals surface area contributed by atoms with Crippen LogP contribution in [-0.4, -0.2) is 15.1 Å². The highest BCUT2D eigenvalue weighted by Crippen LogP contribution is 2.24. The molecular weight excluding hydrogens is 204 g/mol. The van der Waals surface area contributed by atoms with Gasteiger partial charge in [-0.25, -0.2) is 4.98 Å². The van der Waals surface area contributed by atoms with E-state index in [0.29, 0.717) is 5.69 Å². The molecule has 0 unspecified atom stereocenters. The number of aromatic amines is 1. The van der Waals surface area contributed by atoms with E-state index < -0.39 is 0 Å². The van der Waals surface area contributed by atoms with Gasteiger partial charge in [-0.3, -0.25) is 4.79 Å². The van der Waals surface area contributed by atoms with Gasteiger partial charge in [0.25, 0.3) is 5.56 Å². The number of aliphatic hydroxyl groups excluding tert-OH is 1. The van der Waals surface area contributed by atoms with Gasteiger partial charge in [-0.2, -0.15) is 0 Å². The molecule has 0 aromatic carbocycles. The van der Waals surface area contributed by atoms with Crippen molar-refractivity contribution in [1.29, 1.82) is 0 Å². The Kier molecular flexibility index (Phi) is 2.04. The Hall–Kier alpha value is -1.68. The number of hydrogen-bond donors (Lipinski definition) is 2. The van der Waals surface area contributed by atoms with Gasteiger partial charge in [0.05, 0.1) is 23.3 Å². The summed E-state index contributed by atoms with van der Waals surface area (Å²) in [5.74, 6) is 0. The molecule has 2 aromatic rings. The predicted octanol–water partition coefficient (Wildman–Crippen LogP) is 0.904. The Labute approximate surface area is 92.0 Å². The second-order valence-electron chi connectivity index (χ2n) is 4.12. The molecule has 4 heteroatoms. The number of fused-ring (bicyclic) bond motifs is 3.